The van der Waals surface area contributed by atoms with Gasteiger partial charge in [0, 0.05) is 18.8 Å². The fourth-order valence-electron chi connectivity index (χ4n) is 3.69. The molecular formula is C22H30N2. The molecule has 24 heavy (non-hydrogen) atoms. The minimum absolute atomic E-state index is 0.828. The normalized spacial score (nSPS) is 19.2. The second-order valence-electron chi connectivity index (χ2n) is 7.01. The van der Waals surface area contributed by atoms with Gasteiger partial charge in [0.25, 0.3) is 0 Å². The molecule has 1 aromatic rings. The van der Waals surface area contributed by atoms with Gasteiger partial charge in [-0.25, -0.2) is 0 Å². The Morgan fingerprint density at radius 1 is 0.875 bits per heavy atom. The summed E-state index contributed by atoms with van der Waals surface area (Å²) in [7, 11) is 0. The molecule has 2 aliphatic rings. The highest BCUT2D eigenvalue weighted by Crippen LogP contribution is 2.23. The van der Waals surface area contributed by atoms with Crippen LogP contribution in [0.4, 0.5) is 0 Å². The molecule has 128 valence electrons. The first-order chi connectivity index (χ1) is 11.8. The van der Waals surface area contributed by atoms with Crippen LogP contribution < -0.4 is 0 Å². The van der Waals surface area contributed by atoms with Gasteiger partial charge in [-0.1, -0.05) is 49.3 Å². The Labute approximate surface area is 147 Å². The summed E-state index contributed by atoms with van der Waals surface area (Å²) in [6.07, 6.45) is 14.8. The first kappa shape index (κ1) is 17.3. The minimum atomic E-state index is 0.828. The Bertz CT molecular complexity index is 548. The molecule has 0 N–H and O–H groups in total. The lowest BCUT2D eigenvalue weighted by Crippen LogP contribution is -2.28. The van der Waals surface area contributed by atoms with Crippen molar-refractivity contribution in [2.75, 3.05) is 32.7 Å². The van der Waals surface area contributed by atoms with Gasteiger partial charge in [-0.05, 0) is 69.4 Å². The van der Waals surface area contributed by atoms with E-state index in [0.717, 1.165) is 18.7 Å². The molecule has 2 nitrogen and oxygen atoms in total. The molecule has 0 unspecified atom stereocenters. The summed E-state index contributed by atoms with van der Waals surface area (Å²) in [4.78, 5) is 5.16. The van der Waals surface area contributed by atoms with Gasteiger partial charge in [-0.2, -0.15) is 0 Å². The Kier molecular flexibility index (Phi) is 6.54. The number of benzene rings is 1. The van der Waals surface area contributed by atoms with E-state index in [0.29, 0.717) is 0 Å². The van der Waals surface area contributed by atoms with Crippen molar-refractivity contribution in [3.63, 3.8) is 0 Å². The smallest absolute Gasteiger partial charge is 0.0442 e. The van der Waals surface area contributed by atoms with E-state index in [4.69, 9.17) is 6.92 Å². The van der Waals surface area contributed by atoms with Crippen molar-refractivity contribution in [3.8, 4) is 0 Å². The lowest BCUT2D eigenvalue weighted by atomic mass is 10.1. The molecule has 0 bridgehead atoms. The van der Waals surface area contributed by atoms with Crippen LogP contribution in [0.5, 0.6) is 0 Å². The number of allylic oxidation sites excluding steroid dienone is 2. The van der Waals surface area contributed by atoms with Crippen molar-refractivity contribution in [1.29, 1.82) is 0 Å². The summed E-state index contributed by atoms with van der Waals surface area (Å²) >= 11 is 0. The van der Waals surface area contributed by atoms with Crippen LogP contribution in [-0.2, 0) is 0 Å². The van der Waals surface area contributed by atoms with Crippen LogP contribution in [0.2, 0.25) is 0 Å². The molecule has 1 saturated heterocycles. The van der Waals surface area contributed by atoms with Gasteiger partial charge in [0.2, 0.25) is 0 Å². The van der Waals surface area contributed by atoms with Gasteiger partial charge >= 0.3 is 0 Å². The lowest BCUT2D eigenvalue weighted by molar-refractivity contribution is 0.273. The van der Waals surface area contributed by atoms with Crippen LogP contribution in [0.3, 0.4) is 0 Å². The second kappa shape index (κ2) is 9.08. The summed E-state index contributed by atoms with van der Waals surface area (Å²) < 4.78 is 0. The van der Waals surface area contributed by atoms with E-state index in [1.165, 1.54) is 69.4 Å². The van der Waals surface area contributed by atoms with Gasteiger partial charge in [0.15, 0.2) is 0 Å². The molecule has 2 heteroatoms. The molecule has 2 aliphatic heterocycles. The molecule has 0 saturated carbocycles. The first-order valence-electron chi connectivity index (χ1n) is 9.53. The topological polar surface area (TPSA) is 6.48 Å². The van der Waals surface area contributed by atoms with Crippen molar-refractivity contribution >= 4 is 5.70 Å². The number of hydrogen-bond donors (Lipinski definition) is 0. The zero-order valence-electron chi connectivity index (χ0n) is 14.8. The molecule has 0 aliphatic carbocycles. The molecular weight excluding hydrogens is 292 g/mol. The minimum Gasteiger partial charge on any atom is -0.367 e. The summed E-state index contributed by atoms with van der Waals surface area (Å²) in [6, 6.07) is 8.24. The number of nitrogens with zero attached hydrogens (tertiary/aromatic N) is 2. The van der Waals surface area contributed by atoms with E-state index in [1.807, 2.05) is 12.1 Å². The molecule has 3 rings (SSSR count). The molecule has 0 spiro atoms. The third-order valence-electron chi connectivity index (χ3n) is 5.11. The Balaban J connectivity index is 1.47. The SMILES string of the molecule is [CH]c1ccc(C2=CC=CCN2CCCCN2CCCCCC2)cc1. The first-order valence-corrected chi connectivity index (χ1v) is 9.53. The van der Waals surface area contributed by atoms with Crippen LogP contribution >= 0.6 is 0 Å². The van der Waals surface area contributed by atoms with E-state index >= 15 is 0 Å². The van der Waals surface area contributed by atoms with E-state index < -0.39 is 0 Å². The lowest BCUT2D eigenvalue weighted by Gasteiger charge is -2.29. The second-order valence-corrected chi connectivity index (χ2v) is 7.01. The summed E-state index contributed by atoms with van der Waals surface area (Å²) in [5.74, 6) is 0. The molecule has 0 atom stereocenters. The van der Waals surface area contributed by atoms with Crippen molar-refractivity contribution in [2.45, 2.75) is 38.5 Å². The molecule has 2 radical (unpaired) electrons. The largest absolute Gasteiger partial charge is 0.367 e. The predicted octanol–water partition coefficient (Wildman–Crippen LogP) is 4.61. The van der Waals surface area contributed by atoms with E-state index in [2.05, 4.69) is 40.2 Å². The third-order valence-corrected chi connectivity index (χ3v) is 5.11. The summed E-state index contributed by atoms with van der Waals surface area (Å²) in [5, 5.41) is 0. The highest BCUT2D eigenvalue weighted by atomic mass is 15.1. The van der Waals surface area contributed by atoms with E-state index in [9.17, 15) is 0 Å². The Morgan fingerprint density at radius 3 is 2.33 bits per heavy atom. The molecule has 0 aromatic heterocycles. The highest BCUT2D eigenvalue weighted by molar-refractivity contribution is 5.67. The standard InChI is InChI=1S/C22H30N2/c1-20-11-13-21(14-12-20)22-10-4-7-18-24(22)19-9-8-17-23-15-5-2-3-6-16-23/h1,4,7,10-14H,2-3,5-6,8-9,15-19H2. The monoisotopic (exact) mass is 322 g/mol. The van der Waals surface area contributed by atoms with Gasteiger partial charge in [0.05, 0.1) is 0 Å². The fourth-order valence-corrected chi connectivity index (χ4v) is 3.69. The van der Waals surface area contributed by atoms with Crippen molar-refractivity contribution in [2.24, 2.45) is 0 Å². The summed E-state index contributed by atoms with van der Waals surface area (Å²) in [5.41, 5.74) is 3.42. The van der Waals surface area contributed by atoms with Gasteiger partial charge in [-0.3, -0.25) is 0 Å². The van der Waals surface area contributed by atoms with Crippen molar-refractivity contribution < 1.29 is 0 Å². The van der Waals surface area contributed by atoms with Crippen molar-refractivity contribution in [3.05, 3.63) is 60.5 Å². The number of likely N-dealkylation sites (tertiary alicyclic amines) is 1. The number of hydrogen-bond acceptors (Lipinski definition) is 2. The number of unbranched alkanes of at least 4 members (excludes halogenated alkanes) is 1. The Hall–Kier alpha value is -1.54. The van der Waals surface area contributed by atoms with Crippen LogP contribution in [-0.4, -0.2) is 42.5 Å². The highest BCUT2D eigenvalue weighted by Gasteiger charge is 2.13. The fraction of sp³-hybridized carbons (Fsp3) is 0.500. The predicted molar refractivity (Wildman–Crippen MR) is 103 cm³/mol. The van der Waals surface area contributed by atoms with Gasteiger partial charge in [0.1, 0.15) is 0 Å². The maximum atomic E-state index is 5.82. The zero-order valence-corrected chi connectivity index (χ0v) is 14.8. The van der Waals surface area contributed by atoms with E-state index in [1.54, 1.807) is 0 Å². The maximum Gasteiger partial charge on any atom is 0.0442 e. The average Bonchev–Trinajstić information content (AvgIpc) is 2.89. The maximum absolute atomic E-state index is 5.82. The average molecular weight is 322 g/mol. The van der Waals surface area contributed by atoms with Crippen molar-refractivity contribution in [1.82, 2.24) is 9.80 Å². The van der Waals surface area contributed by atoms with Crippen LogP contribution in [0, 0.1) is 6.92 Å². The molecule has 1 fully saturated rings. The van der Waals surface area contributed by atoms with Crippen LogP contribution in [0.25, 0.3) is 5.70 Å². The molecule has 1 aromatic carbocycles. The zero-order chi connectivity index (χ0) is 16.6. The van der Waals surface area contributed by atoms with E-state index in [-0.39, 0.29) is 0 Å². The molecule has 0 amide bonds. The Morgan fingerprint density at radius 2 is 1.58 bits per heavy atom. The van der Waals surface area contributed by atoms with Gasteiger partial charge in [-0.15, -0.1) is 0 Å². The summed E-state index contributed by atoms with van der Waals surface area (Å²) in [6.45, 7) is 11.9. The molecule has 2 heterocycles. The third kappa shape index (κ3) is 4.98. The quantitative estimate of drug-likeness (QED) is 0.705. The van der Waals surface area contributed by atoms with Crippen LogP contribution in [0.15, 0.2) is 42.5 Å². The van der Waals surface area contributed by atoms with Gasteiger partial charge < -0.3 is 9.80 Å². The number of rotatable bonds is 6. The van der Waals surface area contributed by atoms with Crippen LogP contribution in [0.1, 0.15) is 49.7 Å².